The molecule has 2 rings (SSSR count). The lowest BCUT2D eigenvalue weighted by atomic mass is 10.3. The molecule has 2 aromatic rings. The lowest BCUT2D eigenvalue weighted by Crippen LogP contribution is -2.08. The fourth-order valence-corrected chi connectivity index (χ4v) is 1.32. The maximum absolute atomic E-state index is 12.7. The number of alkyl halides is 3. The number of rotatable bonds is 2. The molecular weight excluding hydrogens is 264 g/mol. The molecular formula is C12H8F4N2O. The second kappa shape index (κ2) is 4.75. The van der Waals surface area contributed by atoms with Crippen LogP contribution in [-0.2, 0) is 6.18 Å². The summed E-state index contributed by atoms with van der Waals surface area (Å²) in [4.78, 5) is 3.18. The second-order valence-electron chi connectivity index (χ2n) is 3.66. The summed E-state index contributed by atoms with van der Waals surface area (Å²) < 4.78 is 55.3. The Hall–Kier alpha value is -2.31. The lowest BCUT2D eigenvalue weighted by molar-refractivity contribution is -0.141. The third-order valence-corrected chi connectivity index (χ3v) is 2.23. The van der Waals surface area contributed by atoms with Crippen molar-refractivity contribution in [2.75, 3.05) is 5.73 Å². The molecule has 0 atom stereocenters. The minimum absolute atomic E-state index is 0.0441. The van der Waals surface area contributed by atoms with Crippen LogP contribution in [0.25, 0.3) is 0 Å². The molecule has 3 nitrogen and oxygen atoms in total. The quantitative estimate of drug-likeness (QED) is 0.849. The molecule has 19 heavy (non-hydrogen) atoms. The molecule has 0 aliphatic carbocycles. The molecule has 0 aliphatic heterocycles. The topological polar surface area (TPSA) is 48.1 Å². The Balaban J connectivity index is 2.31. The first kappa shape index (κ1) is 13.1. The van der Waals surface area contributed by atoms with Gasteiger partial charge in [0.2, 0.25) is 0 Å². The summed E-state index contributed by atoms with van der Waals surface area (Å²) in [6.45, 7) is 0. The Morgan fingerprint density at radius 1 is 1.11 bits per heavy atom. The average molecular weight is 272 g/mol. The number of anilines is 1. The molecule has 0 fully saturated rings. The van der Waals surface area contributed by atoms with Gasteiger partial charge < -0.3 is 10.5 Å². The zero-order valence-corrected chi connectivity index (χ0v) is 9.41. The first-order chi connectivity index (χ1) is 8.86. The Morgan fingerprint density at radius 3 is 2.32 bits per heavy atom. The van der Waals surface area contributed by atoms with Gasteiger partial charge in [0.15, 0.2) is 5.75 Å². The van der Waals surface area contributed by atoms with E-state index in [2.05, 4.69) is 4.98 Å². The van der Waals surface area contributed by atoms with Crippen LogP contribution in [-0.4, -0.2) is 4.98 Å². The van der Waals surface area contributed by atoms with Crippen LogP contribution in [0.4, 0.5) is 23.2 Å². The molecule has 1 heterocycles. The number of aromatic nitrogens is 1. The van der Waals surface area contributed by atoms with Gasteiger partial charge in [-0.25, -0.2) is 9.37 Å². The van der Waals surface area contributed by atoms with E-state index >= 15 is 0 Å². The molecule has 0 aliphatic rings. The van der Waals surface area contributed by atoms with E-state index < -0.39 is 17.7 Å². The fraction of sp³-hybridized carbons (Fsp3) is 0.0833. The second-order valence-corrected chi connectivity index (χ2v) is 3.66. The van der Waals surface area contributed by atoms with Crippen LogP contribution >= 0.6 is 0 Å². The van der Waals surface area contributed by atoms with E-state index in [0.29, 0.717) is 6.07 Å². The van der Waals surface area contributed by atoms with Crippen molar-refractivity contribution in [3.8, 4) is 11.5 Å². The predicted molar refractivity (Wildman–Crippen MR) is 60.1 cm³/mol. The van der Waals surface area contributed by atoms with Gasteiger partial charge in [0.05, 0.1) is 11.9 Å². The van der Waals surface area contributed by atoms with Crippen LogP contribution in [0.1, 0.15) is 5.69 Å². The van der Waals surface area contributed by atoms with Gasteiger partial charge in [-0.3, -0.25) is 0 Å². The maximum atomic E-state index is 12.7. The number of halogens is 4. The van der Waals surface area contributed by atoms with Crippen LogP contribution in [0.2, 0.25) is 0 Å². The minimum atomic E-state index is -4.59. The van der Waals surface area contributed by atoms with Gasteiger partial charge in [-0.2, -0.15) is 13.2 Å². The summed E-state index contributed by atoms with van der Waals surface area (Å²) in [5.74, 6) is -0.493. The van der Waals surface area contributed by atoms with Gasteiger partial charge in [-0.05, 0) is 24.3 Å². The van der Waals surface area contributed by atoms with Crippen molar-refractivity contribution >= 4 is 5.69 Å². The summed E-state index contributed by atoms with van der Waals surface area (Å²) in [5.41, 5.74) is 4.33. The van der Waals surface area contributed by atoms with Crippen LogP contribution < -0.4 is 10.5 Å². The Labute approximate surface area is 105 Å². The largest absolute Gasteiger partial charge is 0.455 e. The Kier molecular flexibility index (Phi) is 3.28. The van der Waals surface area contributed by atoms with Crippen molar-refractivity contribution in [2.45, 2.75) is 6.18 Å². The molecule has 0 unspecified atom stereocenters. The van der Waals surface area contributed by atoms with Gasteiger partial charge in [0.25, 0.3) is 0 Å². The minimum Gasteiger partial charge on any atom is -0.455 e. The summed E-state index contributed by atoms with van der Waals surface area (Å²) in [5, 5.41) is 0. The highest BCUT2D eigenvalue weighted by Gasteiger charge is 2.33. The summed E-state index contributed by atoms with van der Waals surface area (Å²) in [7, 11) is 0. The number of pyridine rings is 1. The molecule has 1 aromatic heterocycles. The molecule has 7 heteroatoms. The van der Waals surface area contributed by atoms with Crippen molar-refractivity contribution in [3.05, 3.63) is 48.0 Å². The number of benzene rings is 1. The number of nitrogens with zero attached hydrogens (tertiary/aromatic N) is 1. The van der Waals surface area contributed by atoms with Gasteiger partial charge >= 0.3 is 6.18 Å². The smallest absolute Gasteiger partial charge is 0.433 e. The molecule has 0 saturated carbocycles. The number of hydrogen-bond acceptors (Lipinski definition) is 3. The Bertz CT molecular complexity index is 581. The lowest BCUT2D eigenvalue weighted by Gasteiger charge is -2.11. The average Bonchev–Trinajstić information content (AvgIpc) is 2.33. The molecule has 0 radical (unpaired) electrons. The number of nitrogen functional groups attached to an aromatic ring is 1. The van der Waals surface area contributed by atoms with E-state index in [-0.39, 0.29) is 17.2 Å². The Morgan fingerprint density at radius 2 is 1.74 bits per heavy atom. The first-order valence-corrected chi connectivity index (χ1v) is 5.12. The third kappa shape index (κ3) is 3.12. The van der Waals surface area contributed by atoms with E-state index in [9.17, 15) is 17.6 Å². The standard InChI is InChI=1S/C12H8F4N2O/c13-7-1-3-8(4-2-7)19-10-5-11(12(14,15)16)18-6-9(10)17/h1-6H,17H2. The zero-order chi connectivity index (χ0) is 14.0. The zero-order valence-electron chi connectivity index (χ0n) is 9.41. The summed E-state index contributed by atoms with van der Waals surface area (Å²) in [6, 6.07) is 5.50. The van der Waals surface area contributed by atoms with Crippen LogP contribution in [0, 0.1) is 5.82 Å². The van der Waals surface area contributed by atoms with E-state index in [1.807, 2.05) is 0 Å². The van der Waals surface area contributed by atoms with Crippen molar-refractivity contribution in [2.24, 2.45) is 0 Å². The summed E-state index contributed by atoms with van der Waals surface area (Å²) in [6.07, 6.45) is -3.73. The summed E-state index contributed by atoms with van der Waals surface area (Å²) >= 11 is 0. The van der Waals surface area contributed by atoms with E-state index in [1.54, 1.807) is 0 Å². The molecule has 0 spiro atoms. The van der Waals surface area contributed by atoms with Crippen molar-refractivity contribution in [1.29, 1.82) is 0 Å². The highest BCUT2D eigenvalue weighted by atomic mass is 19.4. The van der Waals surface area contributed by atoms with Crippen molar-refractivity contribution < 1.29 is 22.3 Å². The number of hydrogen-bond donors (Lipinski definition) is 1. The van der Waals surface area contributed by atoms with Crippen LogP contribution in [0.15, 0.2) is 36.5 Å². The van der Waals surface area contributed by atoms with Gasteiger partial charge in [-0.1, -0.05) is 0 Å². The van der Waals surface area contributed by atoms with Crippen LogP contribution in [0.3, 0.4) is 0 Å². The molecule has 1 aromatic carbocycles. The number of nitrogens with two attached hydrogens (primary N) is 1. The van der Waals surface area contributed by atoms with Gasteiger partial charge in [0.1, 0.15) is 17.3 Å². The molecule has 0 bridgehead atoms. The SMILES string of the molecule is Nc1cnc(C(F)(F)F)cc1Oc1ccc(F)cc1. The van der Waals surface area contributed by atoms with E-state index in [1.165, 1.54) is 12.1 Å². The molecule has 100 valence electrons. The highest BCUT2D eigenvalue weighted by molar-refractivity contribution is 5.53. The van der Waals surface area contributed by atoms with Crippen molar-refractivity contribution in [1.82, 2.24) is 4.98 Å². The first-order valence-electron chi connectivity index (χ1n) is 5.12. The highest BCUT2D eigenvalue weighted by Crippen LogP contribution is 2.34. The van der Waals surface area contributed by atoms with Crippen molar-refractivity contribution in [3.63, 3.8) is 0 Å². The van der Waals surface area contributed by atoms with Crippen LogP contribution in [0.5, 0.6) is 11.5 Å². The molecule has 0 saturated heterocycles. The van der Waals surface area contributed by atoms with E-state index in [0.717, 1.165) is 18.3 Å². The number of ether oxygens (including phenoxy) is 1. The predicted octanol–water partition coefficient (Wildman–Crippen LogP) is 3.61. The normalized spacial score (nSPS) is 11.4. The van der Waals surface area contributed by atoms with Gasteiger partial charge in [0, 0.05) is 6.07 Å². The molecule has 0 amide bonds. The molecule has 2 N–H and O–H groups in total. The third-order valence-electron chi connectivity index (χ3n) is 2.23. The van der Waals surface area contributed by atoms with Gasteiger partial charge in [-0.15, -0.1) is 0 Å². The maximum Gasteiger partial charge on any atom is 0.433 e. The monoisotopic (exact) mass is 272 g/mol. The fourth-order valence-electron chi connectivity index (χ4n) is 1.32. The van der Waals surface area contributed by atoms with E-state index in [4.69, 9.17) is 10.5 Å².